The number of hydrogen-bond donors (Lipinski definition) is 2. The van der Waals surface area contributed by atoms with Crippen molar-refractivity contribution in [2.45, 2.75) is 64.9 Å². The van der Waals surface area contributed by atoms with E-state index in [4.69, 9.17) is 0 Å². The summed E-state index contributed by atoms with van der Waals surface area (Å²) in [4.78, 5) is 12.2. The van der Waals surface area contributed by atoms with Gasteiger partial charge in [0.05, 0.1) is 17.1 Å². The van der Waals surface area contributed by atoms with Crippen molar-refractivity contribution >= 4 is 15.7 Å². The molecule has 2 rings (SSSR count). The Morgan fingerprint density at radius 3 is 2.39 bits per heavy atom. The Morgan fingerprint density at radius 1 is 1.22 bits per heavy atom. The summed E-state index contributed by atoms with van der Waals surface area (Å²) in [7, 11) is -3.01. The summed E-state index contributed by atoms with van der Waals surface area (Å²) < 4.78 is 22.9. The van der Waals surface area contributed by atoms with Gasteiger partial charge >= 0.3 is 0 Å². The second-order valence-electron chi connectivity index (χ2n) is 8.64. The average Bonchev–Trinajstić information content (AvgIpc) is 2.38. The summed E-state index contributed by atoms with van der Waals surface area (Å²) in [5.41, 5.74) is -0.779. The van der Waals surface area contributed by atoms with Gasteiger partial charge in [-0.3, -0.25) is 4.79 Å². The minimum atomic E-state index is -3.01. The van der Waals surface area contributed by atoms with Gasteiger partial charge in [0.1, 0.15) is 0 Å². The van der Waals surface area contributed by atoms with E-state index in [9.17, 15) is 18.3 Å². The van der Waals surface area contributed by atoms with Crippen LogP contribution in [0.2, 0.25) is 0 Å². The van der Waals surface area contributed by atoms with E-state index in [-0.39, 0.29) is 36.8 Å². The molecule has 2 fully saturated rings. The first-order valence-corrected chi connectivity index (χ1v) is 10.5. The molecule has 23 heavy (non-hydrogen) atoms. The van der Waals surface area contributed by atoms with Crippen LogP contribution in [0.1, 0.15) is 59.3 Å². The number of hydrogen-bond acceptors (Lipinski definition) is 4. The molecule has 6 heteroatoms. The number of amides is 1. The van der Waals surface area contributed by atoms with Crippen molar-refractivity contribution < 1.29 is 18.3 Å². The van der Waals surface area contributed by atoms with E-state index < -0.39 is 15.4 Å². The van der Waals surface area contributed by atoms with E-state index in [1.165, 1.54) is 6.42 Å². The first-order chi connectivity index (χ1) is 10.5. The molecule has 0 aromatic rings. The van der Waals surface area contributed by atoms with Gasteiger partial charge in [-0.25, -0.2) is 8.42 Å². The molecule has 2 atom stereocenters. The summed E-state index contributed by atoms with van der Waals surface area (Å²) in [6, 6.07) is 0. The van der Waals surface area contributed by atoms with Gasteiger partial charge in [0.25, 0.3) is 0 Å². The number of nitrogens with one attached hydrogen (secondary N) is 1. The normalized spacial score (nSPS) is 32.2. The fraction of sp³-hybridized carbons (Fsp3) is 0.941. The van der Waals surface area contributed by atoms with E-state index in [0.29, 0.717) is 23.7 Å². The van der Waals surface area contributed by atoms with Crippen LogP contribution in [0.15, 0.2) is 0 Å². The molecule has 0 spiro atoms. The molecular formula is C17H31NO4S. The van der Waals surface area contributed by atoms with Gasteiger partial charge in [-0.2, -0.15) is 0 Å². The Morgan fingerprint density at radius 2 is 1.83 bits per heavy atom. The van der Waals surface area contributed by atoms with Gasteiger partial charge in [0.2, 0.25) is 5.91 Å². The molecule has 0 aromatic heterocycles. The quantitative estimate of drug-likeness (QED) is 0.815. The van der Waals surface area contributed by atoms with Crippen LogP contribution in [0, 0.1) is 17.3 Å². The van der Waals surface area contributed by atoms with Gasteiger partial charge in [-0.1, -0.05) is 20.8 Å². The summed E-state index contributed by atoms with van der Waals surface area (Å²) in [6.07, 6.45) is 4.28. The molecular weight excluding hydrogens is 314 g/mol. The highest BCUT2D eigenvalue weighted by Crippen LogP contribution is 2.42. The van der Waals surface area contributed by atoms with Crippen LogP contribution in [0.4, 0.5) is 0 Å². The van der Waals surface area contributed by atoms with Crippen molar-refractivity contribution in [1.82, 2.24) is 5.32 Å². The zero-order chi connectivity index (χ0) is 17.3. The second-order valence-corrected chi connectivity index (χ2v) is 10.9. The Kier molecular flexibility index (Phi) is 5.46. The molecule has 0 aromatic carbocycles. The van der Waals surface area contributed by atoms with E-state index in [1.807, 2.05) is 0 Å². The zero-order valence-electron chi connectivity index (χ0n) is 14.6. The van der Waals surface area contributed by atoms with E-state index in [1.54, 1.807) is 0 Å². The summed E-state index contributed by atoms with van der Waals surface area (Å²) in [6.45, 7) is 6.93. The summed E-state index contributed by atoms with van der Waals surface area (Å²) in [5, 5.41) is 13.2. The first kappa shape index (κ1) is 18.7. The molecule has 1 amide bonds. The third-order valence-corrected chi connectivity index (χ3v) is 6.98. The molecule has 1 saturated carbocycles. The van der Waals surface area contributed by atoms with Crippen LogP contribution < -0.4 is 5.32 Å². The van der Waals surface area contributed by atoms with Crippen molar-refractivity contribution in [3.8, 4) is 0 Å². The average molecular weight is 346 g/mol. The highest BCUT2D eigenvalue weighted by molar-refractivity contribution is 7.91. The number of carbonyl (C=O) groups excluding carboxylic acids is 1. The van der Waals surface area contributed by atoms with Gasteiger partial charge in [-0.15, -0.1) is 0 Å². The van der Waals surface area contributed by atoms with Gasteiger partial charge in [-0.05, 0) is 49.4 Å². The van der Waals surface area contributed by atoms with Crippen LogP contribution in [-0.4, -0.2) is 43.1 Å². The molecule has 2 N–H and O–H groups in total. The molecule has 1 heterocycles. The maximum Gasteiger partial charge on any atom is 0.220 e. The van der Waals surface area contributed by atoms with Crippen molar-refractivity contribution in [2.24, 2.45) is 17.3 Å². The van der Waals surface area contributed by atoms with Crippen LogP contribution in [0.5, 0.6) is 0 Å². The van der Waals surface area contributed by atoms with E-state index in [2.05, 4.69) is 26.1 Å². The molecule has 134 valence electrons. The highest BCUT2D eigenvalue weighted by Gasteiger charge is 2.36. The number of carbonyl (C=O) groups is 1. The SMILES string of the molecule is C[C@@H]1C[C@@H](CC(=O)NCC2(O)CCS(=O)(=O)CC2)CC(C)(C)C1. The molecule has 1 aliphatic heterocycles. The maximum atomic E-state index is 12.2. The second kappa shape index (κ2) is 6.71. The van der Waals surface area contributed by atoms with Crippen LogP contribution in [0.25, 0.3) is 0 Å². The van der Waals surface area contributed by atoms with Crippen molar-refractivity contribution in [3.05, 3.63) is 0 Å². The van der Waals surface area contributed by atoms with E-state index >= 15 is 0 Å². The fourth-order valence-electron chi connectivity index (χ4n) is 4.39. The van der Waals surface area contributed by atoms with Crippen LogP contribution >= 0.6 is 0 Å². The first-order valence-electron chi connectivity index (χ1n) is 8.68. The molecule has 5 nitrogen and oxygen atoms in total. The van der Waals surface area contributed by atoms with Gasteiger partial charge < -0.3 is 10.4 Å². The largest absolute Gasteiger partial charge is 0.388 e. The number of aliphatic hydroxyl groups is 1. The standard InChI is InChI=1S/C17H31NO4S/c1-13-8-14(11-16(2,3)10-13)9-15(19)18-12-17(20)4-6-23(21,22)7-5-17/h13-14,20H,4-12H2,1-3H3,(H,18,19)/t13-,14+/m1/s1. The fourth-order valence-corrected chi connectivity index (χ4v) is 5.98. The van der Waals surface area contributed by atoms with Gasteiger partial charge in [0.15, 0.2) is 9.84 Å². The Hall–Kier alpha value is -0.620. The smallest absolute Gasteiger partial charge is 0.220 e. The van der Waals surface area contributed by atoms with Crippen molar-refractivity contribution in [1.29, 1.82) is 0 Å². The molecule has 0 bridgehead atoms. The molecule has 0 radical (unpaired) electrons. The minimum absolute atomic E-state index is 0.00764. The maximum absolute atomic E-state index is 12.2. The lowest BCUT2D eigenvalue weighted by molar-refractivity contribution is -0.124. The third-order valence-electron chi connectivity index (χ3n) is 5.32. The lowest BCUT2D eigenvalue weighted by atomic mass is 9.67. The third kappa shape index (κ3) is 5.75. The lowest BCUT2D eigenvalue weighted by Crippen LogP contribution is -2.48. The van der Waals surface area contributed by atoms with E-state index in [0.717, 1.165) is 12.8 Å². The molecule has 1 aliphatic carbocycles. The Labute approximate surface area is 140 Å². The number of sulfone groups is 1. The highest BCUT2D eigenvalue weighted by atomic mass is 32.2. The summed E-state index contributed by atoms with van der Waals surface area (Å²) >= 11 is 0. The van der Waals surface area contributed by atoms with Gasteiger partial charge in [0, 0.05) is 13.0 Å². The predicted octanol–water partition coefficient (Wildman–Crippen LogP) is 1.89. The summed E-state index contributed by atoms with van der Waals surface area (Å²) in [5.74, 6) is 1.03. The monoisotopic (exact) mass is 345 g/mol. The Bertz CT molecular complexity index is 527. The molecule has 1 saturated heterocycles. The van der Waals surface area contributed by atoms with Crippen LogP contribution in [0.3, 0.4) is 0 Å². The van der Waals surface area contributed by atoms with Crippen molar-refractivity contribution in [3.63, 3.8) is 0 Å². The molecule has 2 aliphatic rings. The Balaban J connectivity index is 1.79. The zero-order valence-corrected chi connectivity index (χ0v) is 15.4. The van der Waals surface area contributed by atoms with Crippen LogP contribution in [-0.2, 0) is 14.6 Å². The lowest BCUT2D eigenvalue weighted by Gasteiger charge is -2.39. The topological polar surface area (TPSA) is 83.5 Å². The van der Waals surface area contributed by atoms with Crippen molar-refractivity contribution in [2.75, 3.05) is 18.1 Å². The number of rotatable bonds is 4. The minimum Gasteiger partial charge on any atom is -0.388 e. The molecule has 0 unspecified atom stereocenters. The predicted molar refractivity (Wildman–Crippen MR) is 90.8 cm³/mol.